The van der Waals surface area contributed by atoms with Gasteiger partial charge >= 0.3 is 15.6 Å². The number of ether oxygens (including phenoxy) is 1. The van der Waals surface area contributed by atoms with Crippen molar-refractivity contribution in [1.29, 1.82) is 0 Å². The minimum absolute atomic E-state index is 0.0565. The van der Waals surface area contributed by atoms with Crippen LogP contribution in [0.25, 0.3) is 0 Å². The highest BCUT2D eigenvalue weighted by molar-refractivity contribution is 7.87. The summed E-state index contributed by atoms with van der Waals surface area (Å²) < 4.78 is 68.4. The van der Waals surface area contributed by atoms with Crippen molar-refractivity contribution in [3.8, 4) is 0 Å². The van der Waals surface area contributed by atoms with E-state index in [2.05, 4.69) is 10.8 Å². The van der Waals surface area contributed by atoms with E-state index in [1.165, 1.54) is 6.08 Å². The van der Waals surface area contributed by atoms with E-state index in [1.54, 1.807) is 25.2 Å². The molecule has 1 saturated heterocycles. The van der Waals surface area contributed by atoms with Crippen LogP contribution in [0.1, 0.15) is 13.3 Å². The molecule has 1 fully saturated rings. The van der Waals surface area contributed by atoms with Crippen LogP contribution in [-0.4, -0.2) is 32.7 Å². The van der Waals surface area contributed by atoms with Crippen molar-refractivity contribution < 1.29 is 30.5 Å². The largest absolute Gasteiger partial charge is 0.523 e. The minimum atomic E-state index is -5.64. The van der Waals surface area contributed by atoms with Crippen LogP contribution in [0.3, 0.4) is 0 Å². The molecule has 0 amide bonds. The molecule has 0 spiro atoms. The van der Waals surface area contributed by atoms with Gasteiger partial charge in [0.15, 0.2) is 0 Å². The van der Waals surface area contributed by atoms with Crippen LogP contribution in [0, 0.1) is 0 Å². The smallest absolute Gasteiger partial charge is 0.371 e. The second-order valence-electron chi connectivity index (χ2n) is 4.01. The minimum Gasteiger partial charge on any atom is -0.371 e. The summed E-state index contributed by atoms with van der Waals surface area (Å²) in [6.45, 7) is 5.40. The van der Waals surface area contributed by atoms with E-state index in [-0.39, 0.29) is 13.0 Å². The molecule has 20 heavy (non-hydrogen) atoms. The summed E-state index contributed by atoms with van der Waals surface area (Å²) >= 11 is 0. The first kappa shape index (κ1) is 16.9. The number of rotatable bonds is 5. The molecule has 0 radical (unpaired) electrons. The zero-order valence-electron chi connectivity index (χ0n) is 10.8. The van der Waals surface area contributed by atoms with Crippen LogP contribution in [0.5, 0.6) is 0 Å². The lowest BCUT2D eigenvalue weighted by Gasteiger charge is -2.20. The molecule has 1 rings (SSSR count). The first-order valence-corrected chi connectivity index (χ1v) is 7.20. The Morgan fingerprint density at radius 1 is 1.45 bits per heavy atom. The van der Waals surface area contributed by atoms with E-state index in [0.29, 0.717) is 5.57 Å². The van der Waals surface area contributed by atoms with Crippen molar-refractivity contribution in [1.82, 2.24) is 0 Å². The standard InChI is InChI=1S/C12H15F3O4S/c1-3-5-6-9(4-2)11-10(7-8-18-11)19-20(16,17)12(13,14)15/h3-6,10-11H,2,7-8H2,1H3/b5-3-,9-6+. The summed E-state index contributed by atoms with van der Waals surface area (Å²) in [6, 6.07) is 0. The molecular formula is C12H15F3O4S. The topological polar surface area (TPSA) is 52.6 Å². The van der Waals surface area contributed by atoms with E-state index in [1.807, 2.05) is 0 Å². The lowest BCUT2D eigenvalue weighted by atomic mass is 10.0. The van der Waals surface area contributed by atoms with Gasteiger partial charge in [-0.05, 0) is 12.5 Å². The molecule has 0 N–H and O–H groups in total. The van der Waals surface area contributed by atoms with Gasteiger partial charge in [-0.25, -0.2) is 0 Å². The van der Waals surface area contributed by atoms with Crippen LogP contribution in [0.15, 0.2) is 36.5 Å². The van der Waals surface area contributed by atoms with Gasteiger partial charge < -0.3 is 4.74 Å². The Kier molecular flexibility index (Phi) is 5.55. The molecule has 2 unspecified atom stereocenters. The van der Waals surface area contributed by atoms with Crippen LogP contribution in [0.2, 0.25) is 0 Å². The fourth-order valence-electron chi connectivity index (χ4n) is 1.68. The number of hydrogen-bond donors (Lipinski definition) is 0. The van der Waals surface area contributed by atoms with Gasteiger partial charge in [-0.3, -0.25) is 4.18 Å². The molecular weight excluding hydrogens is 297 g/mol. The van der Waals surface area contributed by atoms with Crippen molar-refractivity contribution in [2.45, 2.75) is 31.1 Å². The molecule has 1 aliphatic rings. The highest BCUT2D eigenvalue weighted by Crippen LogP contribution is 2.31. The summed E-state index contributed by atoms with van der Waals surface area (Å²) in [5, 5.41) is 0. The molecule has 4 nitrogen and oxygen atoms in total. The monoisotopic (exact) mass is 312 g/mol. The van der Waals surface area contributed by atoms with Crippen LogP contribution < -0.4 is 0 Å². The van der Waals surface area contributed by atoms with Gasteiger partial charge in [0, 0.05) is 6.42 Å². The number of alkyl halides is 3. The van der Waals surface area contributed by atoms with Crippen molar-refractivity contribution >= 4 is 10.1 Å². The molecule has 8 heteroatoms. The molecule has 0 aliphatic carbocycles. The normalized spacial score (nSPS) is 25.3. The third-order valence-electron chi connectivity index (χ3n) is 2.62. The molecule has 1 heterocycles. The number of halogens is 3. The summed E-state index contributed by atoms with van der Waals surface area (Å²) in [5.74, 6) is 0. The first-order valence-electron chi connectivity index (χ1n) is 5.79. The second kappa shape index (κ2) is 6.55. The van der Waals surface area contributed by atoms with E-state index in [4.69, 9.17) is 4.74 Å². The molecule has 0 aromatic carbocycles. The SMILES string of the molecule is C=C/C(=C\C=C/C)C1OCCC1OS(=O)(=O)C(F)(F)F. The summed E-state index contributed by atoms with van der Waals surface area (Å²) in [4.78, 5) is 0. The fourth-order valence-corrected chi connectivity index (χ4v) is 2.31. The molecule has 2 atom stereocenters. The van der Waals surface area contributed by atoms with Gasteiger partial charge in [-0.1, -0.05) is 30.9 Å². The lowest BCUT2D eigenvalue weighted by molar-refractivity contribution is -0.0589. The third-order valence-corrected chi connectivity index (χ3v) is 3.68. The van der Waals surface area contributed by atoms with Gasteiger partial charge in [0.1, 0.15) is 12.2 Å². The highest BCUT2D eigenvalue weighted by atomic mass is 32.2. The zero-order valence-corrected chi connectivity index (χ0v) is 11.6. The van der Waals surface area contributed by atoms with Gasteiger partial charge in [0.25, 0.3) is 0 Å². The Hall–Kier alpha value is -1.12. The number of allylic oxidation sites excluding steroid dienone is 3. The lowest BCUT2D eigenvalue weighted by Crippen LogP contribution is -2.34. The predicted molar refractivity (Wildman–Crippen MR) is 67.3 cm³/mol. The van der Waals surface area contributed by atoms with Crippen LogP contribution in [0.4, 0.5) is 13.2 Å². The quantitative estimate of drug-likeness (QED) is 0.445. The van der Waals surface area contributed by atoms with Crippen molar-refractivity contribution in [3.05, 3.63) is 36.5 Å². The molecule has 0 saturated carbocycles. The fraction of sp³-hybridized carbons (Fsp3) is 0.500. The molecule has 0 aromatic heterocycles. The van der Waals surface area contributed by atoms with Gasteiger partial charge in [-0.2, -0.15) is 21.6 Å². The summed E-state index contributed by atoms with van der Waals surface area (Å²) in [5.41, 5.74) is -4.98. The van der Waals surface area contributed by atoms with Crippen molar-refractivity contribution in [2.24, 2.45) is 0 Å². The maximum absolute atomic E-state index is 12.3. The summed E-state index contributed by atoms with van der Waals surface area (Å²) in [7, 11) is -5.64. The zero-order chi connectivity index (χ0) is 15.4. The first-order chi connectivity index (χ1) is 9.23. The van der Waals surface area contributed by atoms with Crippen LogP contribution in [-0.2, 0) is 19.0 Å². The van der Waals surface area contributed by atoms with E-state index in [9.17, 15) is 21.6 Å². The Balaban J connectivity index is 2.93. The predicted octanol–water partition coefficient (Wildman–Crippen LogP) is 2.70. The van der Waals surface area contributed by atoms with E-state index < -0.39 is 27.8 Å². The summed E-state index contributed by atoms with van der Waals surface area (Å²) in [6.07, 6.45) is 4.29. The van der Waals surface area contributed by atoms with Gasteiger partial charge in [0.2, 0.25) is 0 Å². The average molecular weight is 312 g/mol. The molecule has 1 aliphatic heterocycles. The van der Waals surface area contributed by atoms with E-state index in [0.717, 1.165) is 0 Å². The average Bonchev–Trinajstić information content (AvgIpc) is 2.76. The Bertz CT molecular complexity index is 505. The van der Waals surface area contributed by atoms with Crippen molar-refractivity contribution in [3.63, 3.8) is 0 Å². The Labute approximate surface area is 115 Å². The Morgan fingerprint density at radius 3 is 2.60 bits per heavy atom. The molecule has 114 valence electrons. The second-order valence-corrected chi connectivity index (χ2v) is 5.57. The maximum Gasteiger partial charge on any atom is 0.523 e. The van der Waals surface area contributed by atoms with Gasteiger partial charge in [-0.15, -0.1) is 0 Å². The number of hydrogen-bond acceptors (Lipinski definition) is 4. The van der Waals surface area contributed by atoms with E-state index >= 15 is 0 Å². The maximum atomic E-state index is 12.3. The Morgan fingerprint density at radius 2 is 2.10 bits per heavy atom. The highest BCUT2D eigenvalue weighted by Gasteiger charge is 2.50. The van der Waals surface area contributed by atoms with Gasteiger partial charge in [0.05, 0.1) is 6.61 Å². The van der Waals surface area contributed by atoms with Crippen molar-refractivity contribution in [2.75, 3.05) is 6.61 Å². The molecule has 0 aromatic rings. The van der Waals surface area contributed by atoms with Crippen LogP contribution >= 0.6 is 0 Å². The third kappa shape index (κ3) is 3.94. The molecule has 0 bridgehead atoms.